The number of rotatable bonds is 6. The van der Waals surface area contributed by atoms with Gasteiger partial charge in [-0.3, -0.25) is 4.40 Å². The van der Waals surface area contributed by atoms with Crippen LogP contribution in [0.1, 0.15) is 52.5 Å². The highest BCUT2D eigenvalue weighted by atomic mass is 16.6. The number of aromatic nitrogens is 2. The molecule has 2 aromatic heterocycles. The van der Waals surface area contributed by atoms with Gasteiger partial charge in [0.1, 0.15) is 5.60 Å². The number of benzene rings is 2. The van der Waals surface area contributed by atoms with E-state index in [1.807, 2.05) is 64.2 Å². The molecule has 0 unspecified atom stereocenters. The van der Waals surface area contributed by atoms with Gasteiger partial charge in [0.05, 0.1) is 23.5 Å². The van der Waals surface area contributed by atoms with E-state index >= 15 is 0 Å². The Morgan fingerprint density at radius 2 is 1.72 bits per heavy atom. The molecule has 4 aromatic rings. The summed E-state index contributed by atoms with van der Waals surface area (Å²) in [5.41, 5.74) is 4.96. The first-order valence-corrected chi connectivity index (χ1v) is 12.6. The normalized spacial score (nSPS) is 14.8. The van der Waals surface area contributed by atoms with E-state index in [1.165, 1.54) is 0 Å². The van der Waals surface area contributed by atoms with Crippen LogP contribution >= 0.6 is 0 Å². The molecule has 5 rings (SSSR count). The van der Waals surface area contributed by atoms with Gasteiger partial charge >= 0.3 is 6.09 Å². The molecule has 1 aliphatic carbocycles. The third-order valence-electron chi connectivity index (χ3n) is 6.62. The Bertz CT molecular complexity index is 1360. The number of hydrogen-bond donors (Lipinski definition) is 1. The molecule has 0 bridgehead atoms. The fraction of sp³-hybridized carbons (Fsp3) is 0.333. The highest BCUT2D eigenvalue weighted by Gasteiger charge is 2.41. The molecular weight excluding hydrogens is 450 g/mol. The standard InChI is InChI=1S/C30H33N3O3/c1-5-35-24-13-9-20-33-26(22-11-7-6-8-12-22)25(31-27(24)33)21-14-16-23(17-15-21)30(18-10-19-30)32-28(34)36-29(2,3)4/h6-9,11-17,20H,5,10,18-19H2,1-4H3,(H,32,34). The first kappa shape index (κ1) is 23.9. The maximum Gasteiger partial charge on any atom is 0.408 e. The van der Waals surface area contributed by atoms with Crippen LogP contribution < -0.4 is 10.1 Å². The minimum absolute atomic E-state index is 0.374. The Labute approximate surface area is 212 Å². The second-order valence-electron chi connectivity index (χ2n) is 10.3. The lowest BCUT2D eigenvalue weighted by Crippen LogP contribution is -2.52. The van der Waals surface area contributed by atoms with Crippen molar-refractivity contribution >= 4 is 11.7 Å². The van der Waals surface area contributed by atoms with Crippen LogP contribution in [-0.4, -0.2) is 27.7 Å². The van der Waals surface area contributed by atoms with E-state index in [4.69, 9.17) is 14.5 Å². The van der Waals surface area contributed by atoms with Crippen molar-refractivity contribution < 1.29 is 14.3 Å². The van der Waals surface area contributed by atoms with Gasteiger partial charge in [0.25, 0.3) is 0 Å². The number of nitrogens with one attached hydrogen (secondary N) is 1. The summed E-state index contributed by atoms with van der Waals surface area (Å²) in [6, 6.07) is 22.6. The van der Waals surface area contributed by atoms with E-state index in [0.717, 1.165) is 58.7 Å². The van der Waals surface area contributed by atoms with Gasteiger partial charge in [0.15, 0.2) is 11.4 Å². The smallest absolute Gasteiger partial charge is 0.408 e. The van der Waals surface area contributed by atoms with Crippen molar-refractivity contribution in [1.29, 1.82) is 0 Å². The van der Waals surface area contributed by atoms with Crippen molar-refractivity contribution in [3.05, 3.63) is 78.5 Å². The van der Waals surface area contributed by atoms with Crippen LogP contribution in [0, 0.1) is 0 Å². The van der Waals surface area contributed by atoms with Crippen LogP contribution in [0.5, 0.6) is 5.75 Å². The van der Waals surface area contributed by atoms with Gasteiger partial charge in [-0.25, -0.2) is 9.78 Å². The number of imidazole rings is 1. The van der Waals surface area contributed by atoms with Crippen LogP contribution in [-0.2, 0) is 10.3 Å². The van der Waals surface area contributed by atoms with Gasteiger partial charge in [-0.2, -0.15) is 0 Å². The molecule has 1 fully saturated rings. The van der Waals surface area contributed by atoms with Crippen LogP contribution in [0.25, 0.3) is 28.2 Å². The molecule has 6 nitrogen and oxygen atoms in total. The van der Waals surface area contributed by atoms with Crippen molar-refractivity contribution in [1.82, 2.24) is 14.7 Å². The quantitative estimate of drug-likeness (QED) is 0.322. The molecule has 0 spiro atoms. The first-order chi connectivity index (χ1) is 17.3. The summed E-state index contributed by atoms with van der Waals surface area (Å²) in [6.45, 7) is 8.19. The maximum atomic E-state index is 12.6. The number of carbonyl (C=O) groups excluding carboxylic acids is 1. The van der Waals surface area contributed by atoms with E-state index < -0.39 is 5.60 Å². The Hall–Kier alpha value is -3.80. The summed E-state index contributed by atoms with van der Waals surface area (Å²) < 4.78 is 13.5. The molecule has 2 aromatic carbocycles. The first-order valence-electron chi connectivity index (χ1n) is 12.6. The number of alkyl carbamates (subject to hydrolysis) is 1. The lowest BCUT2D eigenvalue weighted by Gasteiger charge is -2.43. The Morgan fingerprint density at radius 3 is 2.33 bits per heavy atom. The summed E-state index contributed by atoms with van der Waals surface area (Å²) in [6.07, 6.45) is 4.52. The monoisotopic (exact) mass is 483 g/mol. The zero-order valence-electron chi connectivity index (χ0n) is 21.4. The second kappa shape index (κ2) is 9.34. The molecule has 0 aliphatic heterocycles. The fourth-order valence-electron chi connectivity index (χ4n) is 4.85. The van der Waals surface area contributed by atoms with E-state index in [2.05, 4.69) is 46.1 Å². The molecule has 1 amide bonds. The lowest BCUT2D eigenvalue weighted by molar-refractivity contribution is 0.0377. The van der Waals surface area contributed by atoms with Gasteiger partial charge in [0.2, 0.25) is 0 Å². The van der Waals surface area contributed by atoms with E-state index in [1.54, 1.807) is 0 Å². The van der Waals surface area contributed by atoms with Gasteiger partial charge in [-0.05, 0) is 64.7 Å². The number of hydrogen-bond acceptors (Lipinski definition) is 4. The molecule has 6 heteroatoms. The Kier molecular flexibility index (Phi) is 6.20. The predicted octanol–water partition coefficient (Wildman–Crippen LogP) is 6.97. The molecule has 1 aliphatic rings. The minimum Gasteiger partial charge on any atom is -0.490 e. The van der Waals surface area contributed by atoms with Crippen LogP contribution in [0.3, 0.4) is 0 Å². The van der Waals surface area contributed by atoms with Gasteiger partial charge < -0.3 is 14.8 Å². The number of carbonyl (C=O) groups is 1. The number of pyridine rings is 1. The zero-order valence-corrected chi connectivity index (χ0v) is 21.4. The molecule has 36 heavy (non-hydrogen) atoms. The summed E-state index contributed by atoms with van der Waals surface area (Å²) in [5.74, 6) is 0.759. The van der Waals surface area contributed by atoms with E-state index in [-0.39, 0.29) is 11.6 Å². The molecule has 1 N–H and O–H groups in total. The van der Waals surface area contributed by atoms with Gasteiger partial charge in [-0.15, -0.1) is 0 Å². The zero-order chi connectivity index (χ0) is 25.3. The summed E-state index contributed by atoms with van der Waals surface area (Å²) in [7, 11) is 0. The average Bonchev–Trinajstić information content (AvgIpc) is 3.22. The number of nitrogens with zero attached hydrogens (tertiary/aromatic N) is 2. The fourth-order valence-corrected chi connectivity index (χ4v) is 4.85. The van der Waals surface area contributed by atoms with Gasteiger partial charge in [-0.1, -0.05) is 54.6 Å². The SMILES string of the molecule is CCOc1cccn2c(-c3ccccc3)c(-c3ccc(C4(NC(=O)OC(C)(C)C)CCC4)cc3)nc12. The van der Waals surface area contributed by atoms with Crippen LogP contribution in [0.2, 0.25) is 0 Å². The number of fused-ring (bicyclic) bond motifs is 1. The van der Waals surface area contributed by atoms with Crippen molar-refractivity contribution in [3.8, 4) is 28.3 Å². The number of amides is 1. The Balaban J connectivity index is 1.54. The highest BCUT2D eigenvalue weighted by molar-refractivity contribution is 5.83. The molecular formula is C30H33N3O3. The third kappa shape index (κ3) is 4.55. The van der Waals surface area contributed by atoms with Crippen molar-refractivity contribution in [2.24, 2.45) is 0 Å². The average molecular weight is 484 g/mol. The van der Waals surface area contributed by atoms with E-state index in [9.17, 15) is 4.79 Å². The summed E-state index contributed by atoms with van der Waals surface area (Å²) in [5, 5.41) is 3.14. The lowest BCUT2D eigenvalue weighted by atomic mass is 9.71. The summed E-state index contributed by atoms with van der Waals surface area (Å²) in [4.78, 5) is 17.6. The molecule has 186 valence electrons. The van der Waals surface area contributed by atoms with Gasteiger partial charge in [0, 0.05) is 17.3 Å². The largest absolute Gasteiger partial charge is 0.490 e. The number of ether oxygens (including phenoxy) is 2. The van der Waals surface area contributed by atoms with Crippen LogP contribution in [0.4, 0.5) is 4.79 Å². The predicted molar refractivity (Wildman–Crippen MR) is 142 cm³/mol. The molecule has 0 atom stereocenters. The molecule has 0 saturated heterocycles. The van der Waals surface area contributed by atoms with Crippen LogP contribution in [0.15, 0.2) is 72.9 Å². The van der Waals surface area contributed by atoms with E-state index in [0.29, 0.717) is 6.61 Å². The molecule has 0 radical (unpaired) electrons. The maximum absolute atomic E-state index is 12.6. The highest BCUT2D eigenvalue weighted by Crippen LogP contribution is 2.43. The van der Waals surface area contributed by atoms with Crippen molar-refractivity contribution in [2.75, 3.05) is 6.61 Å². The molecule has 1 saturated carbocycles. The molecule has 2 heterocycles. The second-order valence-corrected chi connectivity index (χ2v) is 10.3. The minimum atomic E-state index is -0.532. The topological polar surface area (TPSA) is 64.9 Å². The Morgan fingerprint density at radius 1 is 1.00 bits per heavy atom. The summed E-state index contributed by atoms with van der Waals surface area (Å²) >= 11 is 0. The van der Waals surface area contributed by atoms with Crippen molar-refractivity contribution in [2.45, 2.75) is 58.1 Å². The van der Waals surface area contributed by atoms with Crippen molar-refractivity contribution in [3.63, 3.8) is 0 Å². The third-order valence-corrected chi connectivity index (χ3v) is 6.62.